The zero-order valence-electron chi connectivity index (χ0n) is 10.1. The average Bonchev–Trinajstić information content (AvgIpc) is 2.46. The van der Waals surface area contributed by atoms with E-state index in [1.807, 2.05) is 42.5 Å². The highest BCUT2D eigenvalue weighted by Crippen LogP contribution is 2.21. The zero-order valence-corrected chi connectivity index (χ0v) is 10.1. The summed E-state index contributed by atoms with van der Waals surface area (Å²) in [4.78, 5) is 0. The Morgan fingerprint density at radius 3 is 1.89 bits per heavy atom. The Balaban J connectivity index is 2.11. The molecule has 0 aliphatic carbocycles. The first-order valence-corrected chi connectivity index (χ1v) is 5.97. The van der Waals surface area contributed by atoms with Crippen LogP contribution in [0.15, 0.2) is 54.6 Å². The van der Waals surface area contributed by atoms with Crippen molar-refractivity contribution in [1.82, 2.24) is 0 Å². The Bertz CT molecular complexity index is 464. The summed E-state index contributed by atoms with van der Waals surface area (Å²) in [7, 11) is 0. The second kappa shape index (κ2) is 6.19. The number of aliphatic hydroxyl groups excluding tert-OH is 2. The Morgan fingerprint density at radius 1 is 0.778 bits per heavy atom. The van der Waals surface area contributed by atoms with Gasteiger partial charge in [0, 0.05) is 5.69 Å². The van der Waals surface area contributed by atoms with E-state index in [-0.39, 0.29) is 19.3 Å². The maximum atomic E-state index is 9.00. The fourth-order valence-corrected chi connectivity index (χ4v) is 1.77. The standard InChI is InChI=1S/C15H17NO2/c17-10-15(11-18)16-14-8-6-13(7-9-14)12-4-2-1-3-5-12/h1-9,15-18H,10-11H2. The number of hydrogen-bond acceptors (Lipinski definition) is 3. The number of nitrogens with one attached hydrogen (secondary N) is 1. The van der Waals surface area contributed by atoms with Crippen molar-refractivity contribution >= 4 is 5.69 Å². The molecule has 0 atom stereocenters. The molecular weight excluding hydrogens is 226 g/mol. The zero-order chi connectivity index (χ0) is 12.8. The molecule has 0 saturated heterocycles. The predicted molar refractivity (Wildman–Crippen MR) is 73.5 cm³/mol. The number of hydrogen-bond donors (Lipinski definition) is 3. The van der Waals surface area contributed by atoms with Crippen molar-refractivity contribution in [3.8, 4) is 11.1 Å². The molecule has 3 heteroatoms. The summed E-state index contributed by atoms with van der Waals surface area (Å²) in [5.74, 6) is 0. The van der Waals surface area contributed by atoms with Crippen molar-refractivity contribution < 1.29 is 10.2 Å². The van der Waals surface area contributed by atoms with Gasteiger partial charge in [-0.25, -0.2) is 0 Å². The van der Waals surface area contributed by atoms with Crippen molar-refractivity contribution in [3.05, 3.63) is 54.6 Å². The molecule has 18 heavy (non-hydrogen) atoms. The Kier molecular flexibility index (Phi) is 4.34. The average molecular weight is 243 g/mol. The van der Waals surface area contributed by atoms with Gasteiger partial charge in [0.25, 0.3) is 0 Å². The number of benzene rings is 2. The molecule has 3 nitrogen and oxygen atoms in total. The van der Waals surface area contributed by atoms with Gasteiger partial charge in [0.15, 0.2) is 0 Å². The van der Waals surface area contributed by atoms with Gasteiger partial charge in [-0.1, -0.05) is 42.5 Å². The number of rotatable bonds is 5. The van der Waals surface area contributed by atoms with E-state index < -0.39 is 0 Å². The lowest BCUT2D eigenvalue weighted by molar-refractivity contribution is 0.204. The molecule has 0 bridgehead atoms. The van der Waals surface area contributed by atoms with Crippen LogP contribution in [-0.2, 0) is 0 Å². The molecule has 0 unspecified atom stereocenters. The second-order valence-electron chi connectivity index (χ2n) is 4.15. The van der Waals surface area contributed by atoms with E-state index in [0.717, 1.165) is 11.3 Å². The number of anilines is 1. The van der Waals surface area contributed by atoms with E-state index in [1.165, 1.54) is 5.56 Å². The van der Waals surface area contributed by atoms with Crippen LogP contribution in [0.25, 0.3) is 11.1 Å². The summed E-state index contributed by atoms with van der Waals surface area (Å²) in [6, 6.07) is 17.7. The topological polar surface area (TPSA) is 52.5 Å². The molecule has 0 aliphatic rings. The van der Waals surface area contributed by atoms with Crippen molar-refractivity contribution in [2.24, 2.45) is 0 Å². The van der Waals surface area contributed by atoms with Gasteiger partial charge in [-0.05, 0) is 23.3 Å². The van der Waals surface area contributed by atoms with Crippen LogP contribution in [0.3, 0.4) is 0 Å². The van der Waals surface area contributed by atoms with E-state index in [4.69, 9.17) is 10.2 Å². The van der Waals surface area contributed by atoms with Crippen LogP contribution in [-0.4, -0.2) is 29.5 Å². The lowest BCUT2D eigenvalue weighted by Gasteiger charge is -2.15. The first kappa shape index (κ1) is 12.6. The highest BCUT2D eigenvalue weighted by Gasteiger charge is 2.05. The summed E-state index contributed by atoms with van der Waals surface area (Å²) in [5.41, 5.74) is 3.21. The van der Waals surface area contributed by atoms with Gasteiger partial charge >= 0.3 is 0 Å². The molecular formula is C15H17NO2. The maximum Gasteiger partial charge on any atom is 0.0723 e. The van der Waals surface area contributed by atoms with Crippen LogP contribution in [0.4, 0.5) is 5.69 Å². The van der Waals surface area contributed by atoms with Crippen LogP contribution in [0.5, 0.6) is 0 Å². The molecule has 2 aromatic carbocycles. The third-order valence-corrected chi connectivity index (χ3v) is 2.80. The van der Waals surface area contributed by atoms with Crippen molar-refractivity contribution in [3.63, 3.8) is 0 Å². The highest BCUT2D eigenvalue weighted by molar-refractivity contribution is 5.65. The summed E-state index contributed by atoms with van der Waals surface area (Å²) >= 11 is 0. The molecule has 0 radical (unpaired) electrons. The molecule has 94 valence electrons. The Labute approximate surface area is 107 Å². The van der Waals surface area contributed by atoms with E-state index >= 15 is 0 Å². The fourth-order valence-electron chi connectivity index (χ4n) is 1.77. The minimum atomic E-state index is -0.312. The lowest BCUT2D eigenvalue weighted by atomic mass is 10.1. The van der Waals surface area contributed by atoms with Gasteiger partial charge in [-0.2, -0.15) is 0 Å². The first-order valence-electron chi connectivity index (χ1n) is 5.97. The second-order valence-corrected chi connectivity index (χ2v) is 4.15. The van der Waals surface area contributed by atoms with E-state index in [9.17, 15) is 0 Å². The van der Waals surface area contributed by atoms with Crippen LogP contribution in [0, 0.1) is 0 Å². The molecule has 0 amide bonds. The smallest absolute Gasteiger partial charge is 0.0723 e. The molecule has 0 heterocycles. The lowest BCUT2D eigenvalue weighted by Crippen LogP contribution is -2.27. The molecule has 2 rings (SSSR count). The van der Waals surface area contributed by atoms with Crippen LogP contribution >= 0.6 is 0 Å². The van der Waals surface area contributed by atoms with Gasteiger partial charge in [0.2, 0.25) is 0 Å². The van der Waals surface area contributed by atoms with E-state index in [1.54, 1.807) is 0 Å². The van der Waals surface area contributed by atoms with Crippen molar-refractivity contribution in [2.75, 3.05) is 18.5 Å². The predicted octanol–water partition coefficient (Wildman–Crippen LogP) is 2.12. The molecule has 3 N–H and O–H groups in total. The monoisotopic (exact) mass is 243 g/mol. The largest absolute Gasteiger partial charge is 0.394 e. The Morgan fingerprint density at radius 2 is 1.33 bits per heavy atom. The molecule has 0 aromatic heterocycles. The SMILES string of the molecule is OCC(CO)Nc1ccc(-c2ccccc2)cc1. The molecule has 0 aliphatic heterocycles. The molecule has 0 saturated carbocycles. The summed E-state index contributed by atoms with van der Waals surface area (Å²) in [6.45, 7) is -0.173. The molecule has 2 aromatic rings. The minimum absolute atomic E-state index is 0.0864. The van der Waals surface area contributed by atoms with Crippen molar-refractivity contribution in [1.29, 1.82) is 0 Å². The van der Waals surface area contributed by atoms with E-state index in [0.29, 0.717) is 0 Å². The maximum absolute atomic E-state index is 9.00. The third kappa shape index (κ3) is 3.09. The van der Waals surface area contributed by atoms with Crippen molar-refractivity contribution in [2.45, 2.75) is 6.04 Å². The quantitative estimate of drug-likeness (QED) is 0.754. The van der Waals surface area contributed by atoms with Crippen LogP contribution < -0.4 is 5.32 Å². The Hall–Kier alpha value is -1.84. The summed E-state index contributed by atoms with van der Waals surface area (Å²) in [6.07, 6.45) is 0. The molecule has 0 spiro atoms. The summed E-state index contributed by atoms with van der Waals surface area (Å²) in [5, 5.41) is 21.1. The van der Waals surface area contributed by atoms with Gasteiger partial charge in [-0.15, -0.1) is 0 Å². The number of aliphatic hydroxyl groups is 2. The minimum Gasteiger partial charge on any atom is -0.394 e. The van der Waals surface area contributed by atoms with Gasteiger partial charge in [-0.3, -0.25) is 0 Å². The first-order chi connectivity index (χ1) is 8.83. The normalized spacial score (nSPS) is 10.6. The third-order valence-electron chi connectivity index (χ3n) is 2.80. The van der Waals surface area contributed by atoms with Gasteiger partial charge in [0.05, 0.1) is 19.3 Å². The molecule has 0 fully saturated rings. The fraction of sp³-hybridized carbons (Fsp3) is 0.200. The van der Waals surface area contributed by atoms with Crippen LogP contribution in [0.1, 0.15) is 0 Å². The highest BCUT2D eigenvalue weighted by atomic mass is 16.3. The summed E-state index contributed by atoms with van der Waals surface area (Å²) < 4.78 is 0. The van der Waals surface area contributed by atoms with Gasteiger partial charge in [0.1, 0.15) is 0 Å². The van der Waals surface area contributed by atoms with E-state index in [2.05, 4.69) is 17.4 Å². The van der Waals surface area contributed by atoms with Gasteiger partial charge < -0.3 is 15.5 Å². The van der Waals surface area contributed by atoms with Crippen LogP contribution in [0.2, 0.25) is 0 Å².